The Labute approximate surface area is 159 Å². The highest BCUT2D eigenvalue weighted by Gasteiger charge is 2.43. The number of anilines is 1. The summed E-state index contributed by atoms with van der Waals surface area (Å²) < 4.78 is 5.56. The normalized spacial score (nSPS) is 26.5. The smallest absolute Gasteiger partial charge is 0.258 e. The van der Waals surface area contributed by atoms with Gasteiger partial charge in [0.2, 0.25) is 5.95 Å². The molecule has 146 valence electrons. The summed E-state index contributed by atoms with van der Waals surface area (Å²) in [6.45, 7) is 5.33. The Hall–Kier alpha value is -2.06. The van der Waals surface area contributed by atoms with E-state index in [4.69, 9.17) is 4.74 Å². The molecule has 2 amide bonds. The second-order valence-electron chi connectivity index (χ2n) is 7.46. The highest BCUT2D eigenvalue weighted by molar-refractivity contribution is 6.01. The number of ether oxygens (including phenoxy) is 1. The van der Waals surface area contributed by atoms with Crippen LogP contribution in [0.1, 0.15) is 32.1 Å². The minimum Gasteiger partial charge on any atom is -0.355 e. The van der Waals surface area contributed by atoms with Crippen molar-refractivity contribution in [3.05, 3.63) is 18.5 Å². The summed E-state index contributed by atoms with van der Waals surface area (Å²) in [5.74, 6) is 0.534. The zero-order chi connectivity index (χ0) is 18.6. The van der Waals surface area contributed by atoms with E-state index < -0.39 is 12.2 Å². The number of fused-ring (bicyclic) bond motifs is 2. The summed E-state index contributed by atoms with van der Waals surface area (Å²) in [7, 11) is 0. The van der Waals surface area contributed by atoms with Gasteiger partial charge in [-0.25, -0.2) is 9.97 Å². The number of hydrogen-bond acceptors (Lipinski definition) is 7. The number of nitrogens with zero attached hydrogens (tertiary/aromatic N) is 5. The number of unbranched alkanes of at least 4 members (excludes halogenated alkanes) is 1. The monoisotopic (exact) mass is 373 g/mol. The molecule has 3 saturated heterocycles. The van der Waals surface area contributed by atoms with Crippen molar-refractivity contribution in [2.24, 2.45) is 0 Å². The van der Waals surface area contributed by atoms with E-state index in [9.17, 15) is 9.59 Å². The van der Waals surface area contributed by atoms with Gasteiger partial charge in [0.15, 0.2) is 0 Å². The van der Waals surface area contributed by atoms with Crippen LogP contribution in [-0.4, -0.2) is 83.1 Å². The van der Waals surface area contributed by atoms with Gasteiger partial charge in [-0.2, -0.15) is 0 Å². The van der Waals surface area contributed by atoms with Crippen LogP contribution in [0.25, 0.3) is 0 Å². The van der Waals surface area contributed by atoms with E-state index in [2.05, 4.69) is 19.8 Å². The van der Waals surface area contributed by atoms with E-state index in [0.29, 0.717) is 6.54 Å². The van der Waals surface area contributed by atoms with Gasteiger partial charge in [0.25, 0.3) is 11.8 Å². The first-order valence-corrected chi connectivity index (χ1v) is 9.97. The van der Waals surface area contributed by atoms with Crippen LogP contribution in [-0.2, 0) is 14.3 Å². The van der Waals surface area contributed by atoms with Crippen LogP contribution in [0.4, 0.5) is 5.95 Å². The third-order valence-electron chi connectivity index (χ3n) is 5.66. The molecule has 1 aromatic heterocycles. The van der Waals surface area contributed by atoms with E-state index in [-0.39, 0.29) is 11.8 Å². The highest BCUT2D eigenvalue weighted by Crippen LogP contribution is 2.27. The largest absolute Gasteiger partial charge is 0.355 e. The van der Waals surface area contributed by atoms with Crippen molar-refractivity contribution in [2.45, 2.75) is 44.3 Å². The fourth-order valence-electron chi connectivity index (χ4n) is 4.09. The minimum atomic E-state index is -0.394. The van der Waals surface area contributed by atoms with Gasteiger partial charge in [-0.3, -0.25) is 19.4 Å². The van der Waals surface area contributed by atoms with E-state index in [1.54, 1.807) is 12.4 Å². The van der Waals surface area contributed by atoms with Gasteiger partial charge in [0, 0.05) is 45.1 Å². The summed E-state index contributed by atoms with van der Waals surface area (Å²) in [6.07, 6.45) is 6.98. The summed E-state index contributed by atoms with van der Waals surface area (Å²) in [4.78, 5) is 39.4. The molecule has 1 aromatic rings. The van der Waals surface area contributed by atoms with Crippen LogP contribution in [0, 0.1) is 0 Å². The Bertz CT molecular complexity index is 641. The molecule has 0 aromatic carbocycles. The van der Waals surface area contributed by atoms with E-state index >= 15 is 0 Å². The molecule has 8 nitrogen and oxygen atoms in total. The van der Waals surface area contributed by atoms with Crippen molar-refractivity contribution in [1.29, 1.82) is 0 Å². The molecule has 4 heterocycles. The highest BCUT2D eigenvalue weighted by atomic mass is 16.5. The summed E-state index contributed by atoms with van der Waals surface area (Å²) >= 11 is 0. The zero-order valence-corrected chi connectivity index (χ0v) is 15.6. The topological polar surface area (TPSA) is 78.9 Å². The molecule has 3 aliphatic heterocycles. The Balaban J connectivity index is 1.18. The van der Waals surface area contributed by atoms with Gasteiger partial charge in [-0.15, -0.1) is 0 Å². The minimum absolute atomic E-state index is 0.132. The maximum absolute atomic E-state index is 12.4. The van der Waals surface area contributed by atoms with Crippen molar-refractivity contribution >= 4 is 17.8 Å². The zero-order valence-electron chi connectivity index (χ0n) is 15.6. The van der Waals surface area contributed by atoms with Gasteiger partial charge < -0.3 is 9.64 Å². The first kappa shape index (κ1) is 18.3. The van der Waals surface area contributed by atoms with E-state index in [1.807, 2.05) is 6.07 Å². The second kappa shape index (κ2) is 8.31. The first-order chi connectivity index (χ1) is 13.2. The molecule has 2 bridgehead atoms. The molecule has 0 N–H and O–H groups in total. The molecule has 8 heteroatoms. The molecule has 2 unspecified atom stereocenters. The molecule has 4 rings (SSSR count). The molecule has 0 radical (unpaired) electrons. The average Bonchev–Trinajstić information content (AvgIpc) is 2.73. The van der Waals surface area contributed by atoms with E-state index in [0.717, 1.165) is 70.8 Å². The molecule has 0 spiro atoms. The number of carbonyl (C=O) groups is 2. The number of hydrogen-bond donors (Lipinski definition) is 0. The number of likely N-dealkylation sites (tertiary alicyclic amines) is 1. The quantitative estimate of drug-likeness (QED) is 0.536. The lowest BCUT2D eigenvalue weighted by Gasteiger charge is -2.39. The number of carbonyl (C=O) groups excluding carboxylic acids is 2. The van der Waals surface area contributed by atoms with E-state index in [1.165, 1.54) is 4.90 Å². The predicted octanol–water partition coefficient (Wildman–Crippen LogP) is 0.685. The van der Waals surface area contributed by atoms with Crippen LogP contribution in [0.15, 0.2) is 18.5 Å². The molecule has 2 atom stereocenters. The summed E-state index contributed by atoms with van der Waals surface area (Å²) in [6, 6.07) is 1.83. The Morgan fingerprint density at radius 2 is 1.56 bits per heavy atom. The number of imide groups is 1. The van der Waals surface area contributed by atoms with Crippen molar-refractivity contribution < 1.29 is 14.3 Å². The lowest BCUT2D eigenvalue weighted by Crippen LogP contribution is -2.57. The van der Waals surface area contributed by atoms with Gasteiger partial charge in [-0.1, -0.05) is 0 Å². The van der Waals surface area contributed by atoms with Gasteiger partial charge in [-0.05, 0) is 44.7 Å². The third-order valence-corrected chi connectivity index (χ3v) is 5.66. The lowest BCUT2D eigenvalue weighted by molar-refractivity contribution is -0.182. The Kier molecular flexibility index (Phi) is 5.63. The van der Waals surface area contributed by atoms with Crippen molar-refractivity contribution in [3.8, 4) is 0 Å². The van der Waals surface area contributed by atoms with Gasteiger partial charge in [0.05, 0.1) is 0 Å². The molecule has 0 aliphatic carbocycles. The van der Waals surface area contributed by atoms with Crippen molar-refractivity contribution in [1.82, 2.24) is 19.8 Å². The van der Waals surface area contributed by atoms with Gasteiger partial charge >= 0.3 is 0 Å². The SMILES string of the molecule is O=C1C2CCCC(O2)C(=O)N1CCCCN1CCN(c2ncccn2)CC1. The van der Waals surface area contributed by atoms with Crippen molar-refractivity contribution in [2.75, 3.05) is 44.2 Å². The van der Waals surface area contributed by atoms with Crippen molar-refractivity contribution in [3.63, 3.8) is 0 Å². The Morgan fingerprint density at radius 3 is 2.22 bits per heavy atom. The Morgan fingerprint density at radius 1 is 0.926 bits per heavy atom. The molecule has 3 fully saturated rings. The summed E-state index contributed by atoms with van der Waals surface area (Å²) in [5, 5.41) is 0. The van der Waals surface area contributed by atoms with Crippen LogP contribution in [0.3, 0.4) is 0 Å². The second-order valence-corrected chi connectivity index (χ2v) is 7.46. The number of rotatable bonds is 6. The molecule has 3 aliphatic rings. The average molecular weight is 373 g/mol. The maximum Gasteiger partial charge on any atom is 0.258 e. The van der Waals surface area contributed by atoms with Crippen LogP contribution >= 0.6 is 0 Å². The first-order valence-electron chi connectivity index (χ1n) is 9.97. The van der Waals surface area contributed by atoms with Gasteiger partial charge in [0.1, 0.15) is 12.2 Å². The standard InChI is InChI=1S/C19H27N5O3/c25-17-15-5-3-6-16(27-15)18(26)24(17)10-2-1-9-22-11-13-23(14-12-22)19-20-7-4-8-21-19/h4,7-8,15-16H,1-3,5-6,9-14H2. The van der Waals surface area contributed by atoms with Crippen LogP contribution < -0.4 is 4.90 Å². The molecular weight excluding hydrogens is 346 g/mol. The summed E-state index contributed by atoms with van der Waals surface area (Å²) in [5.41, 5.74) is 0. The molecular formula is C19H27N5O3. The van der Waals surface area contributed by atoms with Crippen LogP contribution in [0.5, 0.6) is 0 Å². The van der Waals surface area contributed by atoms with Crippen LogP contribution in [0.2, 0.25) is 0 Å². The number of morpholine rings is 1. The molecule has 0 saturated carbocycles. The number of amides is 2. The molecule has 27 heavy (non-hydrogen) atoms. The third kappa shape index (κ3) is 4.11. The lowest BCUT2D eigenvalue weighted by atomic mass is 9.98. The number of piperazine rings is 1. The number of aromatic nitrogens is 2. The fourth-order valence-corrected chi connectivity index (χ4v) is 4.09. The predicted molar refractivity (Wildman–Crippen MR) is 99.2 cm³/mol. The maximum atomic E-state index is 12.4. The fraction of sp³-hybridized carbons (Fsp3) is 0.684.